The SMILES string of the molecule is CC(=O)C(F)C1CCNC1. The fraction of sp³-hybridized carbons (Fsp3) is 0.857. The minimum atomic E-state index is -1.24. The lowest BCUT2D eigenvalue weighted by atomic mass is 10.0. The third kappa shape index (κ3) is 1.53. The molecule has 0 aromatic rings. The fourth-order valence-electron chi connectivity index (χ4n) is 1.26. The average molecular weight is 145 g/mol. The molecule has 0 saturated carbocycles. The van der Waals surface area contributed by atoms with Crippen LogP contribution in [0.4, 0.5) is 4.39 Å². The van der Waals surface area contributed by atoms with Crippen LogP contribution in [-0.2, 0) is 4.79 Å². The number of hydrogen-bond donors (Lipinski definition) is 1. The summed E-state index contributed by atoms with van der Waals surface area (Å²) < 4.78 is 12.8. The lowest BCUT2D eigenvalue weighted by molar-refractivity contribution is -0.123. The number of alkyl halides is 1. The second-order valence-electron chi connectivity index (χ2n) is 2.77. The second kappa shape index (κ2) is 3.10. The van der Waals surface area contributed by atoms with Gasteiger partial charge in [0.15, 0.2) is 12.0 Å². The molecule has 3 heteroatoms. The van der Waals surface area contributed by atoms with E-state index in [1.165, 1.54) is 6.92 Å². The molecule has 1 N–H and O–H groups in total. The molecule has 0 radical (unpaired) electrons. The van der Waals surface area contributed by atoms with E-state index in [2.05, 4.69) is 5.32 Å². The fourth-order valence-corrected chi connectivity index (χ4v) is 1.26. The first-order valence-corrected chi connectivity index (χ1v) is 3.57. The van der Waals surface area contributed by atoms with Crippen molar-refractivity contribution in [2.45, 2.75) is 19.5 Å². The van der Waals surface area contributed by atoms with E-state index < -0.39 is 6.17 Å². The Kier molecular flexibility index (Phi) is 2.38. The van der Waals surface area contributed by atoms with Gasteiger partial charge in [0.1, 0.15) is 0 Å². The Morgan fingerprint density at radius 3 is 2.90 bits per heavy atom. The molecule has 1 saturated heterocycles. The van der Waals surface area contributed by atoms with E-state index in [4.69, 9.17) is 0 Å². The number of Topliss-reactive ketones (excluding diaryl/α,β-unsaturated/α-hetero) is 1. The molecule has 0 aromatic heterocycles. The zero-order valence-electron chi connectivity index (χ0n) is 6.06. The van der Waals surface area contributed by atoms with E-state index in [9.17, 15) is 9.18 Å². The molecule has 1 aliphatic heterocycles. The molecule has 2 unspecified atom stereocenters. The Bertz CT molecular complexity index is 132. The molecule has 1 rings (SSSR count). The van der Waals surface area contributed by atoms with E-state index in [0.29, 0.717) is 6.54 Å². The summed E-state index contributed by atoms with van der Waals surface area (Å²) >= 11 is 0. The molecule has 0 aliphatic carbocycles. The van der Waals surface area contributed by atoms with Crippen molar-refractivity contribution < 1.29 is 9.18 Å². The zero-order valence-corrected chi connectivity index (χ0v) is 6.06. The summed E-state index contributed by atoms with van der Waals surface area (Å²) in [7, 11) is 0. The molecule has 0 amide bonds. The molecular formula is C7H12FNO. The van der Waals surface area contributed by atoms with E-state index >= 15 is 0 Å². The molecule has 0 spiro atoms. The van der Waals surface area contributed by atoms with Gasteiger partial charge in [-0.3, -0.25) is 4.79 Å². The maximum absolute atomic E-state index is 12.8. The molecule has 0 bridgehead atoms. The van der Waals surface area contributed by atoms with Gasteiger partial charge in [0.25, 0.3) is 0 Å². The van der Waals surface area contributed by atoms with E-state index in [1.807, 2.05) is 0 Å². The standard InChI is InChI=1S/C7H12FNO/c1-5(10)7(8)6-2-3-9-4-6/h6-7,9H,2-4H2,1H3. The molecule has 0 aromatic carbocycles. The Morgan fingerprint density at radius 1 is 1.80 bits per heavy atom. The average Bonchev–Trinajstić information content (AvgIpc) is 2.36. The number of ketones is 1. The van der Waals surface area contributed by atoms with Crippen molar-refractivity contribution in [1.82, 2.24) is 5.32 Å². The predicted molar refractivity (Wildman–Crippen MR) is 36.6 cm³/mol. The van der Waals surface area contributed by atoms with Crippen LogP contribution in [0, 0.1) is 5.92 Å². The lowest BCUT2D eigenvalue weighted by Crippen LogP contribution is -2.25. The second-order valence-corrected chi connectivity index (χ2v) is 2.77. The van der Waals surface area contributed by atoms with E-state index in [-0.39, 0.29) is 11.7 Å². The molecule has 58 valence electrons. The summed E-state index contributed by atoms with van der Waals surface area (Å²) in [5.41, 5.74) is 0. The molecular weight excluding hydrogens is 133 g/mol. The van der Waals surface area contributed by atoms with Gasteiger partial charge in [-0.1, -0.05) is 0 Å². The van der Waals surface area contributed by atoms with Crippen LogP contribution in [0.25, 0.3) is 0 Å². The van der Waals surface area contributed by atoms with Crippen molar-refractivity contribution in [3.05, 3.63) is 0 Å². The van der Waals surface area contributed by atoms with Gasteiger partial charge < -0.3 is 5.32 Å². The number of carbonyl (C=O) groups is 1. The smallest absolute Gasteiger partial charge is 0.164 e. The number of nitrogens with one attached hydrogen (secondary N) is 1. The Morgan fingerprint density at radius 2 is 2.50 bits per heavy atom. The highest BCUT2D eigenvalue weighted by atomic mass is 19.1. The van der Waals surface area contributed by atoms with Gasteiger partial charge in [0, 0.05) is 12.5 Å². The predicted octanol–water partition coefficient (Wildman–Crippen LogP) is 0.523. The monoisotopic (exact) mass is 145 g/mol. The molecule has 2 nitrogen and oxygen atoms in total. The summed E-state index contributed by atoms with van der Waals surface area (Å²) in [6.45, 7) is 2.81. The quantitative estimate of drug-likeness (QED) is 0.614. The normalized spacial score (nSPS) is 28.4. The maximum atomic E-state index is 12.8. The van der Waals surface area contributed by atoms with Crippen molar-refractivity contribution in [2.75, 3.05) is 13.1 Å². The van der Waals surface area contributed by atoms with Crippen LogP contribution in [0.1, 0.15) is 13.3 Å². The van der Waals surface area contributed by atoms with Gasteiger partial charge in [-0.2, -0.15) is 0 Å². The van der Waals surface area contributed by atoms with Crippen LogP contribution in [0.5, 0.6) is 0 Å². The molecule has 1 fully saturated rings. The van der Waals surface area contributed by atoms with Gasteiger partial charge in [0.05, 0.1) is 0 Å². The van der Waals surface area contributed by atoms with E-state index in [1.54, 1.807) is 0 Å². The number of halogens is 1. The summed E-state index contributed by atoms with van der Waals surface area (Å²) in [4.78, 5) is 10.5. The van der Waals surface area contributed by atoms with Gasteiger partial charge in [-0.05, 0) is 19.9 Å². The third-order valence-electron chi connectivity index (χ3n) is 1.90. The molecule has 2 atom stereocenters. The Hall–Kier alpha value is -0.440. The molecule has 1 heterocycles. The zero-order chi connectivity index (χ0) is 7.56. The highest BCUT2D eigenvalue weighted by Gasteiger charge is 2.27. The van der Waals surface area contributed by atoms with Crippen LogP contribution in [0.2, 0.25) is 0 Å². The third-order valence-corrected chi connectivity index (χ3v) is 1.90. The highest BCUT2D eigenvalue weighted by molar-refractivity contribution is 5.80. The van der Waals surface area contributed by atoms with Crippen molar-refractivity contribution in [2.24, 2.45) is 5.92 Å². The number of carbonyl (C=O) groups excluding carboxylic acids is 1. The first kappa shape index (κ1) is 7.66. The van der Waals surface area contributed by atoms with Crippen molar-refractivity contribution >= 4 is 5.78 Å². The summed E-state index contributed by atoms with van der Waals surface area (Å²) in [5, 5.41) is 3.02. The highest BCUT2D eigenvalue weighted by Crippen LogP contribution is 2.15. The first-order valence-electron chi connectivity index (χ1n) is 3.57. The largest absolute Gasteiger partial charge is 0.316 e. The van der Waals surface area contributed by atoms with Crippen LogP contribution in [0.3, 0.4) is 0 Å². The van der Waals surface area contributed by atoms with Crippen molar-refractivity contribution in [3.63, 3.8) is 0 Å². The number of hydrogen-bond acceptors (Lipinski definition) is 2. The van der Waals surface area contributed by atoms with Gasteiger partial charge in [-0.25, -0.2) is 4.39 Å². The lowest BCUT2D eigenvalue weighted by Gasteiger charge is -2.09. The van der Waals surface area contributed by atoms with Crippen LogP contribution >= 0.6 is 0 Å². The van der Waals surface area contributed by atoms with Gasteiger partial charge in [0.2, 0.25) is 0 Å². The summed E-state index contributed by atoms with van der Waals surface area (Å²) in [5.74, 6) is -0.411. The summed E-state index contributed by atoms with van der Waals surface area (Å²) in [6, 6.07) is 0. The Balaban J connectivity index is 2.39. The van der Waals surface area contributed by atoms with Gasteiger partial charge >= 0.3 is 0 Å². The first-order chi connectivity index (χ1) is 4.72. The van der Waals surface area contributed by atoms with Crippen molar-refractivity contribution in [1.29, 1.82) is 0 Å². The summed E-state index contributed by atoms with van der Waals surface area (Å²) in [6.07, 6.45) is -0.448. The Labute approximate surface area is 59.8 Å². The maximum Gasteiger partial charge on any atom is 0.164 e. The number of rotatable bonds is 2. The molecule has 1 aliphatic rings. The van der Waals surface area contributed by atoms with Crippen molar-refractivity contribution in [3.8, 4) is 0 Å². The molecule has 10 heavy (non-hydrogen) atoms. The van der Waals surface area contributed by atoms with Crippen LogP contribution in [-0.4, -0.2) is 25.0 Å². The minimum Gasteiger partial charge on any atom is -0.316 e. The van der Waals surface area contributed by atoms with Gasteiger partial charge in [-0.15, -0.1) is 0 Å². The van der Waals surface area contributed by atoms with Crippen LogP contribution in [0.15, 0.2) is 0 Å². The topological polar surface area (TPSA) is 29.1 Å². The van der Waals surface area contributed by atoms with E-state index in [0.717, 1.165) is 13.0 Å². The minimum absolute atomic E-state index is 0.0718. The van der Waals surface area contributed by atoms with Crippen LogP contribution < -0.4 is 5.32 Å².